The van der Waals surface area contributed by atoms with Crippen LogP contribution in [0.5, 0.6) is 0 Å². The van der Waals surface area contributed by atoms with Gasteiger partial charge in [-0.25, -0.2) is 0 Å². The molecule has 498 valence electrons. The van der Waals surface area contributed by atoms with Gasteiger partial charge in [0.25, 0.3) is 23.6 Å². The van der Waals surface area contributed by atoms with Crippen LogP contribution in [-0.2, 0) is 29.0 Å². The Morgan fingerprint density at radius 1 is 0.598 bits per heavy atom. The van der Waals surface area contributed by atoms with E-state index < -0.39 is 0 Å². The number of aliphatic hydroxyl groups excluding tert-OH is 1. The molecule has 2 aromatic carbocycles. The topological polar surface area (TPSA) is 351 Å². The number of aliphatic hydroxyl groups is 1. The average Bonchev–Trinajstić information content (AvgIpc) is 2.26. The third kappa shape index (κ3) is 21.5. The first-order valence-corrected chi connectivity index (χ1v) is 33.1. The summed E-state index contributed by atoms with van der Waals surface area (Å²) in [4.78, 5) is 72.2. The predicted octanol–water partition coefficient (Wildman–Crippen LogP) is 10.1. The minimum absolute atomic E-state index is 0.00715. The molecular weight excluding hydrogens is 1170 g/mol. The smallest absolute Gasteiger partial charge is 0.277 e. The maximum absolute atomic E-state index is 12.8. The second-order valence-electron chi connectivity index (χ2n) is 26.1. The van der Waals surface area contributed by atoms with E-state index in [-0.39, 0.29) is 71.6 Å². The monoisotopic (exact) mass is 1270 g/mol. The summed E-state index contributed by atoms with van der Waals surface area (Å²) in [6, 6.07) is 20.5. The van der Waals surface area contributed by atoms with Gasteiger partial charge in [-0.2, -0.15) is 0 Å². The maximum atomic E-state index is 12.8. The number of aryl methyl sites for hydroxylation is 2. The zero-order valence-corrected chi connectivity index (χ0v) is 54.6. The number of nitrogens with zero attached hydrogens (tertiary/aromatic N) is 4. The quantitative estimate of drug-likeness (QED) is 0.0231. The molecule has 4 atom stereocenters. The fourth-order valence-corrected chi connectivity index (χ4v) is 10.8. The SMILES string of the molecule is CC(CCNC(=O)CCN)NC(=O)c1cc(C2CC2)on1.CC(NC(=O)c1cc(C2CC2)on1)C(C)(C)CNC(=O)C[C@@H](C)N.CCc1ccc(NC(=O)c2cc(C3CC3)on2)cc1CC.O=C(NC(c1cccc(CO)c1)C1CCCCC1)c1cc(C2CC2)on1. The molecule has 11 N–H and O–H groups in total. The number of hydrogen-bond donors (Lipinski definition) is 9. The lowest BCUT2D eigenvalue weighted by molar-refractivity contribution is -0.122. The van der Waals surface area contributed by atoms with Gasteiger partial charge in [0.2, 0.25) is 11.8 Å². The highest BCUT2D eigenvalue weighted by Crippen LogP contribution is 2.43. The molecule has 5 fully saturated rings. The van der Waals surface area contributed by atoms with Gasteiger partial charge in [-0.05, 0) is 145 Å². The van der Waals surface area contributed by atoms with Crippen molar-refractivity contribution in [2.24, 2.45) is 22.8 Å². The number of rotatable bonds is 27. The summed E-state index contributed by atoms with van der Waals surface area (Å²) < 4.78 is 20.9. The first-order chi connectivity index (χ1) is 44.2. The third-order valence-corrected chi connectivity index (χ3v) is 17.5. The van der Waals surface area contributed by atoms with Crippen LogP contribution < -0.4 is 43.4 Å². The lowest BCUT2D eigenvalue weighted by atomic mass is 9.80. The van der Waals surface area contributed by atoms with Crippen LogP contribution in [-0.4, -0.2) is 98.9 Å². The Kier molecular flexibility index (Phi) is 25.5. The number of carbonyl (C=O) groups excluding carboxylic acids is 6. The summed E-state index contributed by atoms with van der Waals surface area (Å²) >= 11 is 0. The molecule has 0 radical (unpaired) electrons. The van der Waals surface area contributed by atoms with Gasteiger partial charge in [-0.1, -0.05) is 97.9 Å². The zero-order valence-electron chi connectivity index (χ0n) is 54.6. The van der Waals surface area contributed by atoms with Gasteiger partial charge in [0.05, 0.1) is 12.6 Å². The summed E-state index contributed by atoms with van der Waals surface area (Å²) in [7, 11) is 0. The Bertz CT molecular complexity index is 3380. The third-order valence-electron chi connectivity index (χ3n) is 17.5. The Morgan fingerprint density at radius 3 is 1.58 bits per heavy atom. The summed E-state index contributed by atoms with van der Waals surface area (Å²) in [5.74, 6) is 4.39. The highest BCUT2D eigenvalue weighted by atomic mass is 16.5. The predicted molar refractivity (Wildman–Crippen MR) is 346 cm³/mol. The van der Waals surface area contributed by atoms with E-state index in [1.54, 1.807) is 31.2 Å². The van der Waals surface area contributed by atoms with Crippen LogP contribution >= 0.6 is 0 Å². The Hall–Kier alpha value is -8.02. The van der Waals surface area contributed by atoms with Crippen molar-refractivity contribution in [3.8, 4) is 0 Å². The van der Waals surface area contributed by atoms with E-state index in [0.29, 0.717) is 91.3 Å². The largest absolute Gasteiger partial charge is 0.392 e. The van der Waals surface area contributed by atoms with Crippen LogP contribution in [0.1, 0.15) is 268 Å². The molecule has 4 aromatic heterocycles. The number of hydrogen-bond acceptors (Lipinski definition) is 17. The van der Waals surface area contributed by atoms with Gasteiger partial charge in [-0.15, -0.1) is 0 Å². The Balaban J connectivity index is 0.000000158. The molecule has 23 heteroatoms. The standard InChI is InChI=1S/C21H26N2O3.C17H28N4O3.C17H20N2O2.C14H22N4O3/c24-13-14-5-4-8-17(11-14)20(16-6-2-1-3-7-16)22-21(25)18-12-19(26-23-18)15-9-10-15;1-10(18)7-15(22)19-9-17(3,4)11(2)20-16(23)13-8-14(24-21-13)12-5-6-12;1-3-11-7-8-14(9-12(11)4-2)18-17(20)15-10-16(21-19-15)13-5-6-13;1-9(5-7-16-13(19)4-6-15)17-14(20)11-8-12(21-18-11)10-2-3-10/h4-5,8,11-12,15-16,20,24H,1-3,6-7,9-10,13H2,(H,22,25);8,10-12H,5-7,9,18H2,1-4H3,(H,19,22)(H,20,23);7-10,13H,3-6H2,1-2H3,(H,18,20);8-10H,2-7,15H2,1H3,(H,16,19)(H,17,20)/t;10-,11?;;/m.1../s1. The molecule has 0 saturated heterocycles. The van der Waals surface area contributed by atoms with Crippen LogP contribution in [0.4, 0.5) is 5.69 Å². The number of nitrogens with one attached hydrogen (secondary N) is 6. The van der Waals surface area contributed by atoms with Crippen molar-refractivity contribution in [3.05, 3.63) is 135 Å². The van der Waals surface area contributed by atoms with Crippen molar-refractivity contribution in [2.45, 2.75) is 218 Å². The van der Waals surface area contributed by atoms with Crippen LogP contribution in [0.3, 0.4) is 0 Å². The molecular formula is C69H96N12O11. The molecule has 5 aliphatic carbocycles. The number of benzene rings is 2. The van der Waals surface area contributed by atoms with Crippen LogP contribution in [0, 0.1) is 11.3 Å². The van der Waals surface area contributed by atoms with E-state index in [4.69, 9.17) is 29.6 Å². The number of carbonyl (C=O) groups is 6. The fourth-order valence-electron chi connectivity index (χ4n) is 10.8. The van der Waals surface area contributed by atoms with Crippen molar-refractivity contribution in [1.82, 2.24) is 47.2 Å². The van der Waals surface area contributed by atoms with Gasteiger partial charge in [0, 0.05) is 110 Å². The van der Waals surface area contributed by atoms with E-state index in [0.717, 1.165) is 117 Å². The molecule has 5 aliphatic rings. The van der Waals surface area contributed by atoms with E-state index in [2.05, 4.69) is 72.4 Å². The molecule has 0 spiro atoms. The highest BCUT2D eigenvalue weighted by Gasteiger charge is 2.35. The lowest BCUT2D eigenvalue weighted by Gasteiger charge is -2.32. The van der Waals surface area contributed by atoms with Gasteiger partial charge in [0.1, 0.15) is 23.0 Å². The number of aromatic nitrogens is 4. The highest BCUT2D eigenvalue weighted by molar-refractivity contribution is 6.03. The second-order valence-corrected chi connectivity index (χ2v) is 26.1. The van der Waals surface area contributed by atoms with E-state index in [1.807, 2.05) is 64.1 Å². The van der Waals surface area contributed by atoms with Crippen molar-refractivity contribution < 1.29 is 52.0 Å². The molecule has 3 unspecified atom stereocenters. The molecule has 0 bridgehead atoms. The molecule has 23 nitrogen and oxygen atoms in total. The summed E-state index contributed by atoms with van der Waals surface area (Å²) in [5, 5.41) is 42.4. The number of nitrogens with two attached hydrogens (primary N) is 2. The second kappa shape index (κ2) is 33.5. The van der Waals surface area contributed by atoms with E-state index in [9.17, 15) is 33.9 Å². The van der Waals surface area contributed by atoms with Crippen LogP contribution in [0.2, 0.25) is 0 Å². The van der Waals surface area contributed by atoms with E-state index >= 15 is 0 Å². The van der Waals surface area contributed by atoms with Crippen molar-refractivity contribution >= 4 is 41.1 Å². The van der Waals surface area contributed by atoms with Crippen LogP contribution in [0.15, 0.2) is 84.8 Å². The van der Waals surface area contributed by atoms with Gasteiger partial charge in [-0.3, -0.25) is 28.8 Å². The summed E-state index contributed by atoms with van der Waals surface area (Å²) in [6.45, 7) is 15.1. The first-order valence-electron chi connectivity index (χ1n) is 33.1. The molecule has 4 heterocycles. The van der Waals surface area contributed by atoms with Crippen molar-refractivity contribution in [1.29, 1.82) is 0 Å². The lowest BCUT2D eigenvalue weighted by Crippen LogP contribution is -2.49. The molecule has 6 aromatic rings. The number of anilines is 1. The molecule has 92 heavy (non-hydrogen) atoms. The molecule has 5 saturated carbocycles. The minimum Gasteiger partial charge on any atom is -0.392 e. The summed E-state index contributed by atoms with van der Waals surface area (Å²) in [5.41, 5.74) is 17.3. The van der Waals surface area contributed by atoms with Crippen molar-refractivity contribution in [3.63, 3.8) is 0 Å². The Labute approximate surface area is 539 Å². The van der Waals surface area contributed by atoms with Crippen LogP contribution in [0.25, 0.3) is 0 Å². The normalized spacial score (nSPS) is 16.7. The average molecular weight is 1270 g/mol. The van der Waals surface area contributed by atoms with Gasteiger partial charge >= 0.3 is 0 Å². The van der Waals surface area contributed by atoms with Gasteiger partial charge < -0.3 is 66.6 Å². The fraction of sp³-hybridized carbons (Fsp3) is 0.565. The van der Waals surface area contributed by atoms with E-state index in [1.165, 1.54) is 30.4 Å². The minimum atomic E-state index is -0.313. The number of amides is 6. The molecule has 11 rings (SSSR count). The van der Waals surface area contributed by atoms with Gasteiger partial charge in [0.15, 0.2) is 22.8 Å². The molecule has 6 amide bonds. The molecule has 0 aliphatic heterocycles. The summed E-state index contributed by atoms with van der Waals surface area (Å²) in [6.07, 6.45) is 18.0. The first kappa shape index (κ1) is 69.9. The Morgan fingerprint density at radius 2 is 1.10 bits per heavy atom. The zero-order chi connectivity index (χ0) is 65.9. The maximum Gasteiger partial charge on any atom is 0.277 e. The van der Waals surface area contributed by atoms with Crippen molar-refractivity contribution in [2.75, 3.05) is 25.0 Å².